The van der Waals surface area contributed by atoms with E-state index in [1.807, 2.05) is 19.2 Å². The molecule has 1 fully saturated rings. The lowest BCUT2D eigenvalue weighted by molar-refractivity contribution is 0.0998. The second-order valence-corrected chi connectivity index (χ2v) is 5.06. The maximum atomic E-state index is 13.6. The fraction of sp³-hybridized carbons (Fsp3) is 0.600. The molecular weight excluding hydrogens is 229 g/mol. The van der Waals surface area contributed by atoms with Gasteiger partial charge in [-0.2, -0.15) is 0 Å². The molecule has 2 unspecified atom stereocenters. The van der Waals surface area contributed by atoms with Crippen molar-refractivity contribution in [3.8, 4) is 0 Å². The van der Waals surface area contributed by atoms with E-state index in [0.29, 0.717) is 11.7 Å². The summed E-state index contributed by atoms with van der Waals surface area (Å²) in [5.74, 6) is -0.120. The van der Waals surface area contributed by atoms with Gasteiger partial charge in [0, 0.05) is 12.6 Å². The SMILES string of the molecule is CNC(CCC1CCCO1)c1ccc(C)c(F)c1. The zero-order valence-corrected chi connectivity index (χ0v) is 11.2. The van der Waals surface area contributed by atoms with Gasteiger partial charge in [0.15, 0.2) is 0 Å². The minimum atomic E-state index is -0.120. The van der Waals surface area contributed by atoms with Crippen LogP contribution in [0.1, 0.15) is 42.9 Å². The van der Waals surface area contributed by atoms with E-state index in [1.54, 1.807) is 13.0 Å². The molecule has 1 aliphatic heterocycles. The average Bonchev–Trinajstić information content (AvgIpc) is 2.87. The third-order valence-electron chi connectivity index (χ3n) is 3.75. The molecule has 1 N–H and O–H groups in total. The Morgan fingerprint density at radius 3 is 2.94 bits per heavy atom. The first-order valence-electron chi connectivity index (χ1n) is 6.75. The summed E-state index contributed by atoms with van der Waals surface area (Å²) >= 11 is 0. The van der Waals surface area contributed by atoms with Crippen molar-refractivity contribution in [3.05, 3.63) is 35.1 Å². The van der Waals surface area contributed by atoms with Gasteiger partial charge in [0.25, 0.3) is 0 Å². The standard InChI is InChI=1S/C15H22FNO/c1-11-5-6-12(10-14(11)16)15(17-2)8-7-13-4-3-9-18-13/h5-6,10,13,15,17H,3-4,7-9H2,1-2H3. The lowest BCUT2D eigenvalue weighted by Gasteiger charge is -2.19. The molecule has 100 valence electrons. The Morgan fingerprint density at radius 1 is 1.50 bits per heavy atom. The quantitative estimate of drug-likeness (QED) is 0.866. The van der Waals surface area contributed by atoms with Crippen LogP contribution >= 0.6 is 0 Å². The number of hydrogen-bond acceptors (Lipinski definition) is 2. The van der Waals surface area contributed by atoms with Gasteiger partial charge in [-0.1, -0.05) is 12.1 Å². The molecule has 1 saturated heterocycles. The van der Waals surface area contributed by atoms with Gasteiger partial charge in [-0.05, 0) is 56.8 Å². The third kappa shape index (κ3) is 3.30. The highest BCUT2D eigenvalue weighted by atomic mass is 19.1. The molecule has 0 saturated carbocycles. The maximum Gasteiger partial charge on any atom is 0.126 e. The fourth-order valence-corrected chi connectivity index (χ4v) is 2.53. The lowest BCUT2D eigenvalue weighted by Crippen LogP contribution is -2.19. The fourth-order valence-electron chi connectivity index (χ4n) is 2.53. The minimum Gasteiger partial charge on any atom is -0.378 e. The Balaban J connectivity index is 1.96. The van der Waals surface area contributed by atoms with E-state index in [-0.39, 0.29) is 11.9 Å². The first-order valence-corrected chi connectivity index (χ1v) is 6.75. The summed E-state index contributed by atoms with van der Waals surface area (Å²) in [5, 5.41) is 3.27. The summed E-state index contributed by atoms with van der Waals surface area (Å²) in [5.41, 5.74) is 1.73. The summed E-state index contributed by atoms with van der Waals surface area (Å²) in [6.45, 7) is 2.69. The smallest absolute Gasteiger partial charge is 0.126 e. The summed E-state index contributed by atoms with van der Waals surface area (Å²) in [6.07, 6.45) is 4.77. The third-order valence-corrected chi connectivity index (χ3v) is 3.75. The van der Waals surface area contributed by atoms with Gasteiger partial charge in [-0.3, -0.25) is 0 Å². The van der Waals surface area contributed by atoms with Gasteiger partial charge in [0.2, 0.25) is 0 Å². The van der Waals surface area contributed by atoms with E-state index in [9.17, 15) is 4.39 Å². The highest BCUT2D eigenvalue weighted by Crippen LogP contribution is 2.24. The van der Waals surface area contributed by atoms with Crippen LogP contribution in [-0.4, -0.2) is 19.8 Å². The van der Waals surface area contributed by atoms with Crippen molar-refractivity contribution in [1.82, 2.24) is 5.32 Å². The Kier molecular flexibility index (Phi) is 4.72. The molecular formula is C15H22FNO. The average molecular weight is 251 g/mol. The first-order chi connectivity index (χ1) is 8.70. The monoisotopic (exact) mass is 251 g/mol. The Hall–Kier alpha value is -0.930. The predicted molar refractivity (Wildman–Crippen MR) is 71.1 cm³/mol. The van der Waals surface area contributed by atoms with Crippen LogP contribution in [0.3, 0.4) is 0 Å². The van der Waals surface area contributed by atoms with Crippen molar-refractivity contribution in [2.75, 3.05) is 13.7 Å². The van der Waals surface area contributed by atoms with Gasteiger partial charge in [-0.15, -0.1) is 0 Å². The molecule has 0 bridgehead atoms. The molecule has 0 radical (unpaired) electrons. The van der Waals surface area contributed by atoms with Crippen molar-refractivity contribution in [2.24, 2.45) is 0 Å². The molecule has 1 aromatic carbocycles. The summed E-state index contributed by atoms with van der Waals surface area (Å²) in [6, 6.07) is 5.71. The number of nitrogens with one attached hydrogen (secondary N) is 1. The van der Waals surface area contributed by atoms with Gasteiger partial charge in [-0.25, -0.2) is 4.39 Å². The molecule has 0 amide bonds. The van der Waals surface area contributed by atoms with Gasteiger partial charge in [0.05, 0.1) is 6.10 Å². The molecule has 2 rings (SSSR count). The van der Waals surface area contributed by atoms with Crippen molar-refractivity contribution >= 4 is 0 Å². The summed E-state index contributed by atoms with van der Waals surface area (Å²) in [7, 11) is 1.93. The second kappa shape index (κ2) is 6.30. The van der Waals surface area contributed by atoms with Crippen LogP contribution in [0.5, 0.6) is 0 Å². The molecule has 1 heterocycles. The Bertz CT molecular complexity index is 388. The Morgan fingerprint density at radius 2 is 2.33 bits per heavy atom. The predicted octanol–water partition coefficient (Wildman–Crippen LogP) is 3.35. The molecule has 0 aromatic heterocycles. The van der Waals surface area contributed by atoms with E-state index in [2.05, 4.69) is 5.32 Å². The maximum absolute atomic E-state index is 13.6. The molecule has 3 heteroatoms. The van der Waals surface area contributed by atoms with Gasteiger partial charge in [0.1, 0.15) is 5.82 Å². The summed E-state index contributed by atoms with van der Waals surface area (Å²) in [4.78, 5) is 0. The number of halogens is 1. The molecule has 0 spiro atoms. The first kappa shape index (κ1) is 13.5. The van der Waals surface area contributed by atoms with Gasteiger partial charge >= 0.3 is 0 Å². The topological polar surface area (TPSA) is 21.3 Å². The molecule has 1 aliphatic rings. The van der Waals surface area contributed by atoms with E-state index in [0.717, 1.165) is 25.0 Å². The van der Waals surface area contributed by atoms with Crippen LogP contribution in [0.4, 0.5) is 4.39 Å². The molecule has 2 nitrogen and oxygen atoms in total. The van der Waals surface area contributed by atoms with E-state index in [4.69, 9.17) is 4.74 Å². The molecule has 1 aromatic rings. The molecule has 18 heavy (non-hydrogen) atoms. The van der Waals surface area contributed by atoms with E-state index in [1.165, 1.54) is 12.8 Å². The van der Waals surface area contributed by atoms with Crippen molar-refractivity contribution < 1.29 is 9.13 Å². The number of ether oxygens (including phenoxy) is 1. The van der Waals surface area contributed by atoms with Crippen LogP contribution in [0.25, 0.3) is 0 Å². The largest absolute Gasteiger partial charge is 0.378 e. The zero-order valence-electron chi connectivity index (χ0n) is 11.2. The van der Waals surface area contributed by atoms with Crippen molar-refractivity contribution in [3.63, 3.8) is 0 Å². The van der Waals surface area contributed by atoms with Crippen molar-refractivity contribution in [2.45, 2.75) is 44.8 Å². The van der Waals surface area contributed by atoms with Crippen LogP contribution in [-0.2, 0) is 4.74 Å². The van der Waals surface area contributed by atoms with Crippen LogP contribution in [0, 0.1) is 12.7 Å². The highest BCUT2D eigenvalue weighted by Gasteiger charge is 2.18. The minimum absolute atomic E-state index is 0.120. The summed E-state index contributed by atoms with van der Waals surface area (Å²) < 4.78 is 19.2. The normalized spacial score (nSPS) is 21.2. The molecule has 2 atom stereocenters. The second-order valence-electron chi connectivity index (χ2n) is 5.06. The zero-order chi connectivity index (χ0) is 13.0. The van der Waals surface area contributed by atoms with E-state index < -0.39 is 0 Å². The number of aryl methyl sites for hydroxylation is 1. The van der Waals surface area contributed by atoms with Crippen LogP contribution in [0.2, 0.25) is 0 Å². The van der Waals surface area contributed by atoms with Crippen molar-refractivity contribution in [1.29, 1.82) is 0 Å². The number of rotatable bonds is 5. The van der Waals surface area contributed by atoms with Crippen LogP contribution in [0.15, 0.2) is 18.2 Å². The number of hydrogen-bond donors (Lipinski definition) is 1. The van der Waals surface area contributed by atoms with E-state index >= 15 is 0 Å². The lowest BCUT2D eigenvalue weighted by atomic mass is 9.98. The Labute approximate surface area is 109 Å². The highest BCUT2D eigenvalue weighted by molar-refractivity contribution is 5.25. The van der Waals surface area contributed by atoms with Crippen LogP contribution < -0.4 is 5.32 Å². The molecule has 0 aliphatic carbocycles. The number of benzene rings is 1. The van der Waals surface area contributed by atoms with Gasteiger partial charge < -0.3 is 10.1 Å².